The summed E-state index contributed by atoms with van der Waals surface area (Å²) in [6.07, 6.45) is 4.19. The molecule has 0 aromatic carbocycles. The van der Waals surface area contributed by atoms with Gasteiger partial charge in [-0.1, -0.05) is 27.7 Å². The first-order chi connectivity index (χ1) is 4.08. The summed E-state index contributed by atoms with van der Waals surface area (Å²) in [5, 5.41) is 0. The molecule has 1 heteroatoms. The first kappa shape index (κ1) is 10.3. The van der Waals surface area contributed by atoms with Gasteiger partial charge in [0.1, 0.15) is 0 Å². The molecule has 1 saturated carbocycles. The van der Waals surface area contributed by atoms with Gasteiger partial charge in [0, 0.05) is 0 Å². The molecule has 0 spiro atoms. The fraction of sp³-hybridized carbons (Fsp3) is 1.00. The van der Waals surface area contributed by atoms with Crippen molar-refractivity contribution in [3.8, 4) is 0 Å². The quantitative estimate of drug-likeness (QED) is 0.581. The number of hydrogen-bond acceptors (Lipinski definition) is 0. The van der Waals surface area contributed by atoms with Gasteiger partial charge in [0.15, 0.2) is 0 Å². The molecule has 62 valence electrons. The van der Waals surface area contributed by atoms with Gasteiger partial charge in [-0.3, -0.25) is 0 Å². The third kappa shape index (κ3) is 1.20. The van der Waals surface area contributed by atoms with Crippen LogP contribution in [0.3, 0.4) is 0 Å². The van der Waals surface area contributed by atoms with Crippen molar-refractivity contribution < 1.29 is 0 Å². The monoisotopic (exact) mass is 160 g/mol. The van der Waals surface area contributed by atoms with Gasteiger partial charge >= 0.3 is 0 Å². The predicted octanol–water partition coefficient (Wildman–Crippen LogP) is 3.34. The van der Waals surface area contributed by atoms with Gasteiger partial charge in [-0.05, 0) is 30.1 Å². The van der Waals surface area contributed by atoms with Crippen LogP contribution >= 0.6 is 13.5 Å². The Morgan fingerprint density at radius 1 is 1.10 bits per heavy atom. The average Bonchev–Trinajstić information content (AvgIpc) is 2.35. The van der Waals surface area contributed by atoms with Crippen molar-refractivity contribution in [3.63, 3.8) is 0 Å². The second-order valence-electron chi connectivity index (χ2n) is 4.05. The van der Waals surface area contributed by atoms with Crippen molar-refractivity contribution >= 4 is 13.5 Å². The topological polar surface area (TPSA) is 0 Å². The van der Waals surface area contributed by atoms with Crippen molar-refractivity contribution in [2.45, 2.75) is 47.0 Å². The summed E-state index contributed by atoms with van der Waals surface area (Å²) < 4.78 is 0. The van der Waals surface area contributed by atoms with E-state index in [0.717, 1.165) is 5.41 Å². The van der Waals surface area contributed by atoms with Crippen LogP contribution in [0.15, 0.2) is 0 Å². The van der Waals surface area contributed by atoms with Crippen LogP contribution in [0.5, 0.6) is 0 Å². The molecule has 10 heavy (non-hydrogen) atoms. The number of hydrogen-bond donors (Lipinski definition) is 0. The highest BCUT2D eigenvalue weighted by Gasteiger charge is 2.57. The van der Waals surface area contributed by atoms with Gasteiger partial charge in [-0.15, -0.1) is 0 Å². The Kier molecular flexibility index (Phi) is 2.86. The van der Waals surface area contributed by atoms with Crippen molar-refractivity contribution in [2.75, 3.05) is 0 Å². The molecular weight excluding hydrogens is 140 g/mol. The van der Waals surface area contributed by atoms with E-state index >= 15 is 0 Å². The fourth-order valence-electron chi connectivity index (χ4n) is 2.26. The van der Waals surface area contributed by atoms with E-state index in [0.29, 0.717) is 5.41 Å². The van der Waals surface area contributed by atoms with E-state index in [1.54, 1.807) is 0 Å². The van der Waals surface area contributed by atoms with E-state index in [4.69, 9.17) is 0 Å². The Hall–Kier alpha value is 0.350. The lowest BCUT2D eigenvalue weighted by molar-refractivity contribution is 0.358. The lowest BCUT2D eigenvalue weighted by Gasteiger charge is -2.14. The van der Waals surface area contributed by atoms with Crippen LogP contribution in [0.2, 0.25) is 0 Å². The van der Waals surface area contributed by atoms with Crippen LogP contribution < -0.4 is 0 Å². The lowest BCUT2D eigenvalue weighted by Crippen LogP contribution is -2.05. The largest absolute Gasteiger partial charge is 0.197 e. The first-order valence-electron chi connectivity index (χ1n) is 4.08. The van der Waals surface area contributed by atoms with Crippen molar-refractivity contribution in [2.24, 2.45) is 10.8 Å². The molecular formula is C9H20S. The Labute approximate surface area is 71.8 Å². The van der Waals surface area contributed by atoms with Crippen LogP contribution in [-0.2, 0) is 0 Å². The molecule has 0 unspecified atom stereocenters. The molecule has 0 nitrogen and oxygen atoms in total. The van der Waals surface area contributed by atoms with Gasteiger partial charge in [-0.25, -0.2) is 0 Å². The van der Waals surface area contributed by atoms with Gasteiger partial charge in [0.2, 0.25) is 0 Å². The molecule has 0 bridgehead atoms. The molecule has 0 saturated heterocycles. The molecule has 0 radical (unpaired) electrons. The summed E-state index contributed by atoms with van der Waals surface area (Å²) in [4.78, 5) is 0. The first-order valence-corrected chi connectivity index (χ1v) is 4.08. The summed E-state index contributed by atoms with van der Waals surface area (Å²) in [7, 11) is 0. The Balaban J connectivity index is 0.000000810. The minimum absolute atomic E-state index is 0. The second-order valence-corrected chi connectivity index (χ2v) is 4.05. The summed E-state index contributed by atoms with van der Waals surface area (Å²) >= 11 is 0. The van der Waals surface area contributed by atoms with Gasteiger partial charge in [-0.2, -0.15) is 13.5 Å². The van der Waals surface area contributed by atoms with Gasteiger partial charge in [0.05, 0.1) is 0 Å². The Bertz CT molecular complexity index is 112. The molecule has 0 atom stereocenters. The zero-order valence-electron chi connectivity index (χ0n) is 7.62. The maximum atomic E-state index is 2.39. The smallest absolute Gasteiger partial charge is 0.0246 e. The normalized spacial score (nSPS) is 25.2. The van der Waals surface area contributed by atoms with Crippen LogP contribution in [0.25, 0.3) is 0 Å². The maximum Gasteiger partial charge on any atom is -0.0246 e. The van der Waals surface area contributed by atoms with Gasteiger partial charge in [0.25, 0.3) is 0 Å². The third-order valence-electron chi connectivity index (χ3n) is 3.44. The molecule has 0 amide bonds. The van der Waals surface area contributed by atoms with Crippen LogP contribution in [0.1, 0.15) is 47.0 Å². The maximum absolute atomic E-state index is 2.39. The highest BCUT2D eigenvalue weighted by molar-refractivity contribution is 7.59. The minimum atomic E-state index is 0. The molecule has 0 N–H and O–H groups in total. The van der Waals surface area contributed by atoms with E-state index in [9.17, 15) is 0 Å². The van der Waals surface area contributed by atoms with Crippen LogP contribution in [-0.4, -0.2) is 0 Å². The average molecular weight is 160 g/mol. The van der Waals surface area contributed by atoms with E-state index in [-0.39, 0.29) is 13.5 Å². The fourth-order valence-corrected chi connectivity index (χ4v) is 2.26. The van der Waals surface area contributed by atoms with Crippen molar-refractivity contribution in [1.82, 2.24) is 0 Å². The molecule has 0 aliphatic heterocycles. The van der Waals surface area contributed by atoms with E-state index in [1.165, 1.54) is 19.3 Å². The molecule has 1 fully saturated rings. The molecule has 1 aliphatic carbocycles. The Morgan fingerprint density at radius 2 is 1.40 bits per heavy atom. The highest BCUT2D eigenvalue weighted by atomic mass is 32.1. The van der Waals surface area contributed by atoms with Crippen LogP contribution in [0, 0.1) is 10.8 Å². The summed E-state index contributed by atoms with van der Waals surface area (Å²) in [5.41, 5.74) is 1.39. The highest BCUT2D eigenvalue weighted by Crippen LogP contribution is 2.67. The van der Waals surface area contributed by atoms with Gasteiger partial charge < -0.3 is 0 Å². The summed E-state index contributed by atoms with van der Waals surface area (Å²) in [6, 6.07) is 0. The lowest BCUT2D eigenvalue weighted by atomic mass is 9.91. The van der Waals surface area contributed by atoms with E-state index in [2.05, 4.69) is 27.7 Å². The second kappa shape index (κ2) is 2.77. The van der Waals surface area contributed by atoms with Crippen molar-refractivity contribution in [1.29, 1.82) is 0 Å². The summed E-state index contributed by atoms with van der Waals surface area (Å²) in [5.74, 6) is 0. The zero-order chi connectivity index (χ0) is 7.12. The SMILES string of the molecule is CCC1(CC)CC1(C)C.S. The van der Waals surface area contributed by atoms with E-state index in [1.807, 2.05) is 0 Å². The van der Waals surface area contributed by atoms with E-state index < -0.39 is 0 Å². The molecule has 0 heterocycles. The summed E-state index contributed by atoms with van der Waals surface area (Å²) in [6.45, 7) is 9.41. The molecule has 1 aliphatic rings. The predicted molar refractivity (Wildman–Crippen MR) is 51.8 cm³/mol. The molecule has 1 rings (SSSR count). The molecule has 0 aromatic rings. The number of rotatable bonds is 2. The zero-order valence-corrected chi connectivity index (χ0v) is 8.62. The molecule has 0 aromatic heterocycles. The Morgan fingerprint density at radius 3 is 1.40 bits per heavy atom. The van der Waals surface area contributed by atoms with Crippen LogP contribution in [0.4, 0.5) is 0 Å². The van der Waals surface area contributed by atoms with Crippen molar-refractivity contribution in [3.05, 3.63) is 0 Å². The minimum Gasteiger partial charge on any atom is -0.197 e. The standard InChI is InChI=1S/C9H18.H2S/c1-5-9(6-2)7-8(9,3)4;/h5-7H2,1-4H3;1H2. The third-order valence-corrected chi connectivity index (χ3v) is 3.44.